The molecule has 0 bridgehead atoms. The van der Waals surface area contributed by atoms with Crippen molar-refractivity contribution in [2.75, 3.05) is 37.0 Å². The van der Waals surface area contributed by atoms with Crippen molar-refractivity contribution in [1.82, 2.24) is 15.2 Å². The molecular formula is C24H31N5O3S. The Morgan fingerprint density at radius 3 is 2.82 bits per heavy atom. The Morgan fingerprint density at radius 2 is 2.09 bits per heavy atom. The lowest BCUT2D eigenvalue weighted by Gasteiger charge is -2.33. The number of nitrogens with zero attached hydrogens (tertiary/aromatic N) is 2. The van der Waals surface area contributed by atoms with Gasteiger partial charge in [-0.3, -0.25) is 4.79 Å². The van der Waals surface area contributed by atoms with Crippen molar-refractivity contribution >= 4 is 33.0 Å². The Kier molecular flexibility index (Phi) is 6.60. The van der Waals surface area contributed by atoms with E-state index in [0.29, 0.717) is 31.6 Å². The molecule has 1 aromatic carbocycles. The predicted octanol–water partition coefficient (Wildman–Crippen LogP) is 3.12. The fourth-order valence-corrected chi connectivity index (χ4v) is 4.99. The van der Waals surface area contributed by atoms with Crippen LogP contribution in [0.15, 0.2) is 41.4 Å². The average molecular weight is 470 g/mol. The minimum atomic E-state index is -3.02. The Bertz CT molecular complexity index is 1210. The normalized spacial score (nSPS) is 17.7. The quantitative estimate of drug-likeness (QED) is 0.540. The van der Waals surface area contributed by atoms with Crippen LogP contribution in [0, 0.1) is 0 Å². The summed E-state index contributed by atoms with van der Waals surface area (Å²) in [5, 5.41) is 6.43. The fraction of sp³-hybridized carbons (Fsp3) is 0.417. The highest BCUT2D eigenvalue weighted by Crippen LogP contribution is 2.40. The number of aromatic amines is 1. The van der Waals surface area contributed by atoms with Gasteiger partial charge in [0, 0.05) is 49.3 Å². The second-order valence-electron chi connectivity index (χ2n) is 8.62. The highest BCUT2D eigenvalue weighted by atomic mass is 32.2. The standard InChI is InChI=1S/C24H31N5O3S/c1-4-5-12-29(13-7-14-33(3,31)32)23-16(2)26-20-9-6-8-17(22(20)28-23)21-15-18-19(27-21)10-11-25-24(18)30/h4-6,8-9,15-16,26-27H,7,10-14H2,1-3H3,(H,25,30). The molecule has 0 radical (unpaired) electrons. The number of aromatic nitrogens is 1. The van der Waals surface area contributed by atoms with Crippen molar-refractivity contribution < 1.29 is 13.2 Å². The molecule has 0 spiro atoms. The van der Waals surface area contributed by atoms with E-state index in [1.165, 1.54) is 6.26 Å². The van der Waals surface area contributed by atoms with E-state index in [0.717, 1.165) is 40.6 Å². The lowest BCUT2D eigenvalue weighted by Crippen LogP contribution is -2.43. The Hall–Kier alpha value is -3.07. The molecule has 2 aromatic rings. The average Bonchev–Trinajstić information content (AvgIpc) is 3.20. The topological polar surface area (TPSA) is 107 Å². The third kappa shape index (κ3) is 5.13. The van der Waals surface area contributed by atoms with Gasteiger partial charge in [0.15, 0.2) is 0 Å². The number of rotatable bonds is 7. The third-order valence-electron chi connectivity index (χ3n) is 5.95. The number of carbonyl (C=O) groups is 1. The number of hydrogen-bond donors (Lipinski definition) is 3. The van der Waals surface area contributed by atoms with Crippen LogP contribution in [0.4, 0.5) is 11.4 Å². The molecule has 1 aromatic heterocycles. The lowest BCUT2D eigenvalue weighted by molar-refractivity contribution is 0.0946. The summed E-state index contributed by atoms with van der Waals surface area (Å²) < 4.78 is 23.3. The van der Waals surface area contributed by atoms with Crippen LogP contribution >= 0.6 is 0 Å². The fourth-order valence-electron chi connectivity index (χ4n) is 4.34. The maximum absolute atomic E-state index is 12.2. The number of anilines is 1. The van der Waals surface area contributed by atoms with Gasteiger partial charge in [-0.1, -0.05) is 24.3 Å². The van der Waals surface area contributed by atoms with Crippen LogP contribution in [0.2, 0.25) is 0 Å². The van der Waals surface area contributed by atoms with Crippen molar-refractivity contribution in [3.8, 4) is 11.3 Å². The largest absolute Gasteiger partial charge is 0.374 e. The van der Waals surface area contributed by atoms with Crippen LogP contribution < -0.4 is 10.6 Å². The third-order valence-corrected chi connectivity index (χ3v) is 6.98. The number of hydrogen-bond acceptors (Lipinski definition) is 6. The van der Waals surface area contributed by atoms with E-state index in [9.17, 15) is 13.2 Å². The van der Waals surface area contributed by atoms with Crippen LogP contribution in [-0.2, 0) is 16.3 Å². The molecule has 0 saturated heterocycles. The summed E-state index contributed by atoms with van der Waals surface area (Å²) in [5.41, 5.74) is 5.18. The second kappa shape index (κ2) is 9.43. The first-order valence-electron chi connectivity index (χ1n) is 11.3. The number of para-hydroxylation sites is 1. The number of benzene rings is 1. The molecular weight excluding hydrogens is 438 g/mol. The molecule has 2 aliphatic heterocycles. The van der Waals surface area contributed by atoms with Gasteiger partial charge in [-0.2, -0.15) is 0 Å². The van der Waals surface area contributed by atoms with E-state index in [1.807, 2.05) is 37.3 Å². The zero-order valence-corrected chi connectivity index (χ0v) is 20.1. The van der Waals surface area contributed by atoms with Crippen molar-refractivity contribution in [2.24, 2.45) is 4.99 Å². The van der Waals surface area contributed by atoms with E-state index < -0.39 is 9.84 Å². The molecule has 33 heavy (non-hydrogen) atoms. The first-order valence-corrected chi connectivity index (χ1v) is 13.4. The van der Waals surface area contributed by atoms with Gasteiger partial charge >= 0.3 is 0 Å². The Labute approximate surface area is 195 Å². The first kappa shape index (κ1) is 23.1. The molecule has 9 heteroatoms. The van der Waals surface area contributed by atoms with Gasteiger partial charge in [-0.25, -0.2) is 13.4 Å². The SMILES string of the molecule is CC=CCN(CCCS(C)(=O)=O)C1=Nc2c(cccc2-c2cc3c([nH]2)CCNC3=O)NC1C. The molecule has 1 unspecified atom stereocenters. The zero-order valence-electron chi connectivity index (χ0n) is 19.3. The summed E-state index contributed by atoms with van der Waals surface area (Å²) in [5.74, 6) is 0.963. The highest BCUT2D eigenvalue weighted by molar-refractivity contribution is 7.90. The zero-order chi connectivity index (χ0) is 23.6. The summed E-state index contributed by atoms with van der Waals surface area (Å²) in [6, 6.07) is 7.87. The number of sulfone groups is 1. The van der Waals surface area contributed by atoms with E-state index in [4.69, 9.17) is 4.99 Å². The molecule has 3 heterocycles. The number of allylic oxidation sites excluding steroid dienone is 1. The number of amides is 1. The van der Waals surface area contributed by atoms with Crippen molar-refractivity contribution in [2.45, 2.75) is 32.7 Å². The van der Waals surface area contributed by atoms with Gasteiger partial charge < -0.3 is 20.5 Å². The van der Waals surface area contributed by atoms with Crippen LogP contribution in [0.5, 0.6) is 0 Å². The van der Waals surface area contributed by atoms with E-state index in [1.54, 1.807) is 0 Å². The number of fused-ring (bicyclic) bond motifs is 2. The van der Waals surface area contributed by atoms with Crippen molar-refractivity contribution in [3.05, 3.63) is 47.7 Å². The summed E-state index contributed by atoms with van der Waals surface area (Å²) in [6.45, 7) is 5.91. The smallest absolute Gasteiger partial charge is 0.253 e. The van der Waals surface area contributed by atoms with Crippen LogP contribution in [0.3, 0.4) is 0 Å². The predicted molar refractivity (Wildman–Crippen MR) is 133 cm³/mol. The molecule has 176 valence electrons. The highest BCUT2D eigenvalue weighted by Gasteiger charge is 2.27. The van der Waals surface area contributed by atoms with Crippen LogP contribution in [-0.4, -0.2) is 67.7 Å². The van der Waals surface area contributed by atoms with E-state index in [2.05, 4.69) is 33.5 Å². The van der Waals surface area contributed by atoms with Gasteiger partial charge in [0.1, 0.15) is 15.7 Å². The van der Waals surface area contributed by atoms with Gasteiger partial charge in [0.05, 0.1) is 28.7 Å². The maximum Gasteiger partial charge on any atom is 0.253 e. The molecule has 0 fully saturated rings. The lowest BCUT2D eigenvalue weighted by atomic mass is 10.0. The molecule has 1 amide bonds. The summed E-state index contributed by atoms with van der Waals surface area (Å²) >= 11 is 0. The minimum absolute atomic E-state index is 0.0288. The number of H-pyrrole nitrogens is 1. The van der Waals surface area contributed by atoms with Gasteiger partial charge in [-0.05, 0) is 32.4 Å². The summed E-state index contributed by atoms with van der Waals surface area (Å²) in [6.07, 6.45) is 6.62. The van der Waals surface area contributed by atoms with Crippen LogP contribution in [0.25, 0.3) is 11.3 Å². The molecule has 8 nitrogen and oxygen atoms in total. The molecule has 0 aliphatic carbocycles. The van der Waals surface area contributed by atoms with Crippen molar-refractivity contribution in [3.63, 3.8) is 0 Å². The Morgan fingerprint density at radius 1 is 1.27 bits per heavy atom. The van der Waals surface area contributed by atoms with Gasteiger partial charge in [-0.15, -0.1) is 0 Å². The van der Waals surface area contributed by atoms with E-state index in [-0.39, 0.29) is 17.7 Å². The molecule has 0 saturated carbocycles. The molecule has 3 N–H and O–H groups in total. The van der Waals surface area contributed by atoms with Crippen molar-refractivity contribution in [1.29, 1.82) is 0 Å². The molecule has 4 rings (SSSR count). The number of nitrogens with one attached hydrogen (secondary N) is 3. The van der Waals surface area contributed by atoms with Gasteiger partial charge in [0.2, 0.25) is 0 Å². The number of amidine groups is 1. The van der Waals surface area contributed by atoms with Crippen LogP contribution in [0.1, 0.15) is 36.3 Å². The number of aliphatic imine (C=N–C) groups is 1. The van der Waals surface area contributed by atoms with E-state index >= 15 is 0 Å². The molecule has 1 atom stereocenters. The first-order chi connectivity index (χ1) is 15.8. The summed E-state index contributed by atoms with van der Waals surface area (Å²) in [7, 11) is -3.02. The summed E-state index contributed by atoms with van der Waals surface area (Å²) in [4.78, 5) is 22.9. The van der Waals surface area contributed by atoms with Gasteiger partial charge in [0.25, 0.3) is 5.91 Å². The minimum Gasteiger partial charge on any atom is -0.374 e. The number of carbonyl (C=O) groups excluding carboxylic acids is 1. The second-order valence-corrected chi connectivity index (χ2v) is 10.9. The Balaban J connectivity index is 1.70. The molecule has 2 aliphatic rings. The maximum atomic E-state index is 12.2. The monoisotopic (exact) mass is 469 g/mol.